The first-order valence-electron chi connectivity index (χ1n) is 17.0. The van der Waals surface area contributed by atoms with Gasteiger partial charge in [0.25, 0.3) is 0 Å². The molecule has 0 unspecified atom stereocenters. The molecule has 2 atom stereocenters. The van der Waals surface area contributed by atoms with Gasteiger partial charge in [-0.05, 0) is 73.9 Å². The van der Waals surface area contributed by atoms with Crippen LogP contribution in [0.2, 0.25) is 10.0 Å². The maximum Gasteiger partial charge on any atom is 0.326 e. The van der Waals surface area contributed by atoms with Gasteiger partial charge < -0.3 is 19.3 Å². The van der Waals surface area contributed by atoms with Crippen LogP contribution in [0.5, 0.6) is 5.75 Å². The van der Waals surface area contributed by atoms with Crippen LogP contribution in [-0.4, -0.2) is 103 Å². The summed E-state index contributed by atoms with van der Waals surface area (Å²) in [6.45, 7) is 10.7. The number of hydrogen-bond donors (Lipinski definition) is 0. The normalized spacial score (nSPS) is 20.0. The highest BCUT2D eigenvalue weighted by Crippen LogP contribution is 2.46. The van der Waals surface area contributed by atoms with Crippen molar-refractivity contribution in [3.63, 3.8) is 0 Å². The Morgan fingerprint density at radius 2 is 1.52 bits per heavy atom. The second kappa shape index (κ2) is 15.4. The summed E-state index contributed by atoms with van der Waals surface area (Å²) in [6, 6.07) is 21.9. The lowest BCUT2D eigenvalue weighted by Gasteiger charge is -2.39. The molecule has 50 heavy (non-hydrogen) atoms. The summed E-state index contributed by atoms with van der Waals surface area (Å²) in [5.74, 6) is 1.11. The van der Waals surface area contributed by atoms with Crippen LogP contribution in [0.25, 0.3) is 0 Å². The number of hydrogen-bond acceptors (Lipinski definition) is 7. The summed E-state index contributed by atoms with van der Waals surface area (Å²) in [6.07, 6.45) is 0. The Hall–Kier alpha value is -4.14. The minimum atomic E-state index is -0.798. The summed E-state index contributed by atoms with van der Waals surface area (Å²) in [4.78, 5) is 40.8. The van der Waals surface area contributed by atoms with Crippen molar-refractivity contribution in [3.05, 3.63) is 99.0 Å². The van der Waals surface area contributed by atoms with E-state index < -0.39 is 17.5 Å². The summed E-state index contributed by atoms with van der Waals surface area (Å²) >= 11 is 12.7. The van der Waals surface area contributed by atoms with Crippen LogP contribution in [0.4, 0.5) is 4.79 Å². The number of urea groups is 1. The molecule has 0 bridgehead atoms. The lowest BCUT2D eigenvalue weighted by atomic mass is 9.85. The zero-order valence-corrected chi connectivity index (χ0v) is 30.2. The van der Waals surface area contributed by atoms with Crippen LogP contribution >= 0.6 is 23.2 Å². The van der Waals surface area contributed by atoms with Crippen LogP contribution in [0.15, 0.2) is 71.7 Å². The molecule has 3 aromatic carbocycles. The molecule has 3 aliphatic rings. The number of amidine groups is 1. The Morgan fingerprint density at radius 3 is 2.12 bits per heavy atom. The smallest absolute Gasteiger partial charge is 0.326 e. The topological polar surface area (TPSA) is 102 Å². The van der Waals surface area contributed by atoms with Gasteiger partial charge >= 0.3 is 6.03 Å². The molecule has 10 nitrogen and oxygen atoms in total. The van der Waals surface area contributed by atoms with Gasteiger partial charge in [-0.3, -0.25) is 19.6 Å². The summed E-state index contributed by atoms with van der Waals surface area (Å²) in [5, 5.41) is 11.2. The molecular formula is C38H42Cl2N6O4. The highest BCUT2D eigenvalue weighted by atomic mass is 35.5. The van der Waals surface area contributed by atoms with Gasteiger partial charge in [-0.15, -0.1) is 0 Å². The largest absolute Gasteiger partial charge is 0.493 e. The molecule has 0 spiro atoms. The van der Waals surface area contributed by atoms with E-state index in [0.717, 1.165) is 16.7 Å². The second-order valence-corrected chi connectivity index (χ2v) is 14.1. The third-order valence-corrected chi connectivity index (χ3v) is 10.1. The Balaban J connectivity index is 1.39. The highest BCUT2D eigenvalue weighted by Gasteiger charge is 2.45. The number of ether oxygens (including phenoxy) is 2. The molecule has 0 aliphatic carbocycles. The number of piperazine rings is 1. The summed E-state index contributed by atoms with van der Waals surface area (Å²) < 4.78 is 11.5. The molecule has 3 aromatic rings. The lowest BCUT2D eigenvalue weighted by Crippen LogP contribution is -2.56. The van der Waals surface area contributed by atoms with Gasteiger partial charge in [0.2, 0.25) is 5.91 Å². The predicted octanol–water partition coefficient (Wildman–Crippen LogP) is 6.33. The molecule has 2 saturated heterocycles. The Kier molecular flexibility index (Phi) is 11.0. The summed E-state index contributed by atoms with van der Waals surface area (Å²) in [7, 11) is 0. The van der Waals surface area contributed by atoms with E-state index in [-0.39, 0.29) is 11.9 Å². The van der Waals surface area contributed by atoms with Crippen molar-refractivity contribution < 1.29 is 19.1 Å². The van der Waals surface area contributed by atoms with Crippen molar-refractivity contribution >= 4 is 41.0 Å². The molecule has 0 aromatic heterocycles. The van der Waals surface area contributed by atoms with Crippen LogP contribution < -0.4 is 4.74 Å². The summed E-state index contributed by atoms with van der Waals surface area (Å²) in [5.41, 5.74) is 2.37. The monoisotopic (exact) mass is 716 g/mol. The molecule has 2 fully saturated rings. The van der Waals surface area contributed by atoms with Crippen molar-refractivity contribution in [2.75, 3.05) is 65.6 Å². The molecule has 6 rings (SSSR count). The third-order valence-electron chi connectivity index (χ3n) is 9.58. The maximum atomic E-state index is 15.0. The highest BCUT2D eigenvalue weighted by molar-refractivity contribution is 6.30. The van der Waals surface area contributed by atoms with Gasteiger partial charge in [0, 0.05) is 49.3 Å². The number of halogens is 2. The Labute approximate surface area is 303 Å². The van der Waals surface area contributed by atoms with Crippen LogP contribution in [-0.2, 0) is 14.9 Å². The number of morpholine rings is 1. The molecule has 0 radical (unpaired) electrons. The van der Waals surface area contributed by atoms with Gasteiger partial charge in [0.05, 0.1) is 49.5 Å². The number of nitrogens with zero attached hydrogens (tertiary/aromatic N) is 6. The van der Waals surface area contributed by atoms with E-state index in [1.807, 2.05) is 97.3 Å². The molecule has 0 N–H and O–H groups in total. The van der Waals surface area contributed by atoms with E-state index in [4.69, 9.17) is 37.7 Å². The standard InChI is InChI=1S/C38H42Cl2N6O4/c1-4-50-32-14-9-28(38(2,3)25-41)23-31(32)36-42-34(26-5-10-29(39)11-6-26)35(27-7-12-30(40)13-8-27)46(36)37(48)45-17-15-43(16-18-45)24-33(47)44-19-21-49-22-20-44/h5-14,23,34-35H,4,15-22,24H2,1-3H3/t34-,35+/m0/s1. The number of amides is 3. The van der Waals surface area contributed by atoms with Crippen LogP contribution in [0.1, 0.15) is 55.1 Å². The van der Waals surface area contributed by atoms with Gasteiger partial charge in [0.1, 0.15) is 17.6 Å². The van der Waals surface area contributed by atoms with E-state index in [1.54, 1.807) is 4.90 Å². The zero-order chi connectivity index (χ0) is 35.4. The number of benzene rings is 3. The molecule has 3 amide bonds. The SMILES string of the molecule is CCOc1ccc(C(C)(C)C#N)cc1C1=N[C@@H](c2ccc(Cl)cc2)[C@@H](c2ccc(Cl)cc2)N1C(=O)N1CCN(CC(=O)N2CCOCC2)CC1. The van der Waals surface area contributed by atoms with Gasteiger partial charge in [-0.25, -0.2) is 4.79 Å². The molecule has 262 valence electrons. The van der Waals surface area contributed by atoms with Crippen molar-refractivity contribution in [1.82, 2.24) is 19.6 Å². The first-order valence-corrected chi connectivity index (χ1v) is 17.8. The average Bonchev–Trinajstić information content (AvgIpc) is 3.53. The van der Waals surface area contributed by atoms with Crippen molar-refractivity contribution in [1.29, 1.82) is 5.26 Å². The Morgan fingerprint density at radius 1 is 0.900 bits per heavy atom. The van der Waals surface area contributed by atoms with Gasteiger partial charge in [0.15, 0.2) is 0 Å². The van der Waals surface area contributed by atoms with Gasteiger partial charge in [-0.2, -0.15) is 5.26 Å². The van der Waals surface area contributed by atoms with Crippen LogP contribution in [0, 0.1) is 11.3 Å². The fraction of sp³-hybridized carbons (Fsp3) is 0.421. The van der Waals surface area contributed by atoms with Gasteiger partial charge in [-0.1, -0.05) is 53.5 Å². The number of carbonyl (C=O) groups excluding carboxylic acids is 2. The van der Waals surface area contributed by atoms with Crippen LogP contribution in [0.3, 0.4) is 0 Å². The van der Waals surface area contributed by atoms with E-state index in [0.29, 0.717) is 92.8 Å². The molecule has 12 heteroatoms. The first-order chi connectivity index (χ1) is 24.1. The van der Waals surface area contributed by atoms with Crippen molar-refractivity contribution in [2.24, 2.45) is 4.99 Å². The molecule has 3 aliphatic heterocycles. The number of rotatable bonds is 8. The molecule has 0 saturated carbocycles. The third kappa shape index (κ3) is 7.62. The predicted molar refractivity (Wildman–Crippen MR) is 194 cm³/mol. The van der Waals surface area contributed by atoms with E-state index >= 15 is 0 Å². The molecule has 3 heterocycles. The Bertz CT molecular complexity index is 1760. The molecular weight excluding hydrogens is 675 g/mol. The van der Waals surface area contributed by atoms with E-state index in [1.165, 1.54) is 0 Å². The fourth-order valence-corrected chi connectivity index (χ4v) is 6.90. The number of aliphatic imine (C=N–C) groups is 1. The fourth-order valence-electron chi connectivity index (χ4n) is 6.65. The minimum Gasteiger partial charge on any atom is -0.493 e. The van der Waals surface area contributed by atoms with E-state index in [2.05, 4.69) is 11.0 Å². The quantitative estimate of drug-likeness (QED) is 0.270. The van der Waals surface area contributed by atoms with Crippen molar-refractivity contribution in [3.8, 4) is 11.8 Å². The maximum absolute atomic E-state index is 15.0. The average molecular weight is 718 g/mol. The van der Waals surface area contributed by atoms with E-state index in [9.17, 15) is 14.9 Å². The van der Waals surface area contributed by atoms with Crippen molar-refractivity contribution in [2.45, 2.75) is 38.3 Å². The zero-order valence-electron chi connectivity index (χ0n) is 28.6. The number of nitriles is 1. The minimum absolute atomic E-state index is 0.0827. The number of carbonyl (C=O) groups is 2. The first kappa shape index (κ1) is 35.7. The lowest BCUT2D eigenvalue weighted by molar-refractivity contribution is -0.136. The second-order valence-electron chi connectivity index (χ2n) is 13.2.